The molecule has 6 rings (SSSR count). The van der Waals surface area contributed by atoms with Crippen molar-refractivity contribution in [2.75, 3.05) is 39.3 Å². The normalized spacial score (nSPS) is 29.4. The average Bonchev–Trinajstić information content (AvgIpc) is 3.26. The van der Waals surface area contributed by atoms with E-state index < -0.39 is 41.1 Å². The van der Waals surface area contributed by atoms with Gasteiger partial charge in [-0.1, -0.05) is 79.6 Å². The number of carbonyl (C=O) groups is 5. The number of carbonyl (C=O) groups excluding carboxylic acids is 5. The van der Waals surface area contributed by atoms with Crippen LogP contribution in [0.4, 0.5) is 4.79 Å². The van der Waals surface area contributed by atoms with Crippen LogP contribution in [0.2, 0.25) is 0 Å². The van der Waals surface area contributed by atoms with E-state index in [2.05, 4.69) is 40.0 Å². The summed E-state index contributed by atoms with van der Waals surface area (Å²) in [5.74, 6) is -1.90. The lowest BCUT2D eigenvalue weighted by atomic mass is 9.73. The van der Waals surface area contributed by atoms with Gasteiger partial charge in [0, 0.05) is 50.7 Å². The van der Waals surface area contributed by atoms with Crippen LogP contribution in [0.15, 0.2) is 0 Å². The van der Waals surface area contributed by atoms with Crippen molar-refractivity contribution in [2.45, 2.75) is 142 Å². The highest BCUT2D eigenvalue weighted by molar-refractivity contribution is 6.37. The summed E-state index contributed by atoms with van der Waals surface area (Å²) < 4.78 is 0. The number of likely N-dealkylation sites (tertiary alicyclic amines) is 1. The van der Waals surface area contributed by atoms with E-state index in [-0.39, 0.29) is 40.1 Å². The van der Waals surface area contributed by atoms with Gasteiger partial charge in [0.2, 0.25) is 17.6 Å². The van der Waals surface area contributed by atoms with Crippen LogP contribution in [0.25, 0.3) is 0 Å². The maximum atomic E-state index is 14.9. The van der Waals surface area contributed by atoms with Crippen LogP contribution < -0.4 is 27.0 Å². The molecule has 2 spiro atoms. The van der Waals surface area contributed by atoms with Crippen LogP contribution in [0, 0.1) is 33.5 Å². The first kappa shape index (κ1) is 38.0. The van der Waals surface area contributed by atoms with E-state index in [1.165, 1.54) is 19.3 Å². The highest BCUT2D eigenvalue weighted by Crippen LogP contribution is 2.88. The first-order valence-electron chi connectivity index (χ1n) is 20.0. The molecule has 0 aromatic carbocycles. The summed E-state index contributed by atoms with van der Waals surface area (Å²) in [7, 11) is 0. The molecule has 4 saturated carbocycles. The van der Waals surface area contributed by atoms with Gasteiger partial charge in [0.05, 0.1) is 6.04 Å². The Kier molecular flexibility index (Phi) is 10.9. The lowest BCUT2D eigenvalue weighted by Crippen LogP contribution is -2.61. The number of primary amides is 1. The summed E-state index contributed by atoms with van der Waals surface area (Å²) in [6, 6.07) is -3.08. The summed E-state index contributed by atoms with van der Waals surface area (Å²) >= 11 is 0. The second-order valence-electron chi connectivity index (χ2n) is 18.6. The van der Waals surface area contributed by atoms with Crippen molar-refractivity contribution in [1.29, 1.82) is 0 Å². The van der Waals surface area contributed by atoms with Crippen LogP contribution in [-0.2, 0) is 19.2 Å². The van der Waals surface area contributed by atoms with Crippen molar-refractivity contribution in [1.82, 2.24) is 31.1 Å². The zero-order valence-corrected chi connectivity index (χ0v) is 31.9. The Labute approximate surface area is 304 Å². The maximum Gasteiger partial charge on any atom is 0.315 e. The highest BCUT2D eigenvalue weighted by atomic mass is 16.2. The molecule has 5 amide bonds. The van der Waals surface area contributed by atoms with E-state index in [1.54, 1.807) is 4.90 Å². The fraction of sp³-hybridized carbons (Fsp3) is 0.872. The molecule has 6 aliphatic rings. The minimum absolute atomic E-state index is 0.0196. The molecule has 2 saturated heterocycles. The molecule has 6 N–H and O–H groups in total. The molecular weight excluding hydrogens is 646 g/mol. The first-order chi connectivity index (χ1) is 24.1. The van der Waals surface area contributed by atoms with Crippen molar-refractivity contribution >= 4 is 29.5 Å². The number of nitrogens with zero attached hydrogens (tertiary/aromatic N) is 2. The van der Waals surface area contributed by atoms with Crippen LogP contribution >= 0.6 is 0 Å². The highest BCUT2D eigenvalue weighted by Gasteiger charge is 2.85. The Morgan fingerprint density at radius 2 is 1.53 bits per heavy atom. The molecule has 2 aliphatic heterocycles. The van der Waals surface area contributed by atoms with Gasteiger partial charge in [-0.25, -0.2) is 4.79 Å². The fourth-order valence-corrected chi connectivity index (χ4v) is 11.0. The number of Topliss-reactive ketones (excluding diaryl/α,β-unsaturated/α-hetero) is 1. The summed E-state index contributed by atoms with van der Waals surface area (Å²) in [6.45, 7) is 15.4. The average molecular weight is 712 g/mol. The summed E-state index contributed by atoms with van der Waals surface area (Å²) in [5.41, 5.74) is 4.58. The molecule has 2 heterocycles. The third-order valence-electron chi connectivity index (χ3n) is 14.7. The van der Waals surface area contributed by atoms with Gasteiger partial charge in [0.15, 0.2) is 0 Å². The molecule has 5 atom stereocenters. The Balaban J connectivity index is 1.22. The van der Waals surface area contributed by atoms with Crippen LogP contribution in [0.5, 0.6) is 0 Å². The maximum absolute atomic E-state index is 14.9. The van der Waals surface area contributed by atoms with E-state index in [9.17, 15) is 24.0 Å². The number of piperazine rings is 1. The van der Waals surface area contributed by atoms with Gasteiger partial charge in [-0.2, -0.15) is 0 Å². The molecule has 51 heavy (non-hydrogen) atoms. The molecule has 12 heteroatoms. The SMILES string of the molecule is CC(C)(C)[C@@H](NC(=O)NC(CN1CCNCC1)C1CCCCC1)C(=O)N1CC2(CC1C(=O)NC(CC1CCC1)C(=O)C(N)=O)C(C)(C)C21CCC1. The third-order valence-corrected chi connectivity index (χ3v) is 14.7. The van der Waals surface area contributed by atoms with Crippen molar-refractivity contribution in [2.24, 2.45) is 39.2 Å². The fourth-order valence-electron chi connectivity index (χ4n) is 11.0. The van der Waals surface area contributed by atoms with Gasteiger partial charge >= 0.3 is 6.03 Å². The Bertz CT molecular complexity index is 1340. The smallest absolute Gasteiger partial charge is 0.315 e. The van der Waals surface area contributed by atoms with E-state index in [0.717, 1.165) is 84.1 Å². The number of urea groups is 1. The van der Waals surface area contributed by atoms with Crippen molar-refractivity contribution in [3.63, 3.8) is 0 Å². The quantitative estimate of drug-likeness (QED) is 0.194. The molecule has 0 radical (unpaired) electrons. The minimum atomic E-state index is -1.06. The first-order valence-corrected chi connectivity index (χ1v) is 20.0. The van der Waals surface area contributed by atoms with Gasteiger partial charge in [0.1, 0.15) is 12.1 Å². The van der Waals surface area contributed by atoms with Crippen LogP contribution in [-0.4, -0.2) is 103 Å². The number of amides is 5. The predicted octanol–water partition coefficient (Wildman–Crippen LogP) is 3.08. The lowest BCUT2D eigenvalue weighted by molar-refractivity contribution is -0.143. The standard InChI is InChI=1S/C39H65N7O5/c1-36(2,3)31(44-35(51)43-28(26-13-7-6-8-14-26)23-45-19-17-41-18-20-45)34(50)46-24-39(37(4,5)38(39)15-10-16-38)22-29(46)33(49)42-27(30(47)32(40)48)21-25-11-9-12-25/h25-29,31,41H,6-24H2,1-5H3,(H2,40,48)(H,42,49)(H2,43,44,51)/t27?,28?,29?,31-,39?/m0/s1. The topological polar surface area (TPSA) is 166 Å². The van der Waals surface area contributed by atoms with Crippen molar-refractivity contribution in [3.05, 3.63) is 0 Å². The molecule has 286 valence electrons. The van der Waals surface area contributed by atoms with Crippen LogP contribution in [0.3, 0.4) is 0 Å². The number of hydrogen-bond donors (Lipinski definition) is 5. The zero-order chi connectivity index (χ0) is 36.8. The number of rotatable bonds is 12. The molecule has 4 unspecified atom stereocenters. The number of nitrogens with two attached hydrogens (primary N) is 1. The van der Waals surface area contributed by atoms with E-state index in [0.29, 0.717) is 25.3 Å². The van der Waals surface area contributed by atoms with E-state index in [1.807, 2.05) is 20.8 Å². The van der Waals surface area contributed by atoms with E-state index in [4.69, 9.17) is 5.73 Å². The molecule has 0 aromatic heterocycles. The molecule has 0 bridgehead atoms. The Morgan fingerprint density at radius 3 is 2.06 bits per heavy atom. The largest absolute Gasteiger partial charge is 0.363 e. The molecule has 6 fully saturated rings. The molecule has 4 aliphatic carbocycles. The second-order valence-corrected chi connectivity index (χ2v) is 18.6. The van der Waals surface area contributed by atoms with Crippen molar-refractivity contribution < 1.29 is 24.0 Å². The molecule has 0 aromatic rings. The van der Waals surface area contributed by atoms with Crippen LogP contribution in [0.1, 0.15) is 118 Å². The monoisotopic (exact) mass is 712 g/mol. The summed E-state index contributed by atoms with van der Waals surface area (Å²) in [5, 5.41) is 12.8. The molecular formula is C39H65N7O5. The minimum Gasteiger partial charge on any atom is -0.363 e. The summed E-state index contributed by atoms with van der Waals surface area (Å²) in [4.78, 5) is 72.3. The number of fused-ring (bicyclic) bond motifs is 1. The van der Waals surface area contributed by atoms with Gasteiger partial charge in [0.25, 0.3) is 5.91 Å². The lowest BCUT2D eigenvalue weighted by Gasteiger charge is -2.38. The third kappa shape index (κ3) is 7.17. The number of nitrogens with one attached hydrogen (secondary N) is 4. The van der Waals surface area contributed by atoms with Gasteiger partial charge in [-0.3, -0.25) is 24.1 Å². The Morgan fingerprint density at radius 1 is 0.863 bits per heavy atom. The second kappa shape index (κ2) is 14.6. The van der Waals surface area contributed by atoms with Gasteiger partial charge in [-0.15, -0.1) is 0 Å². The Hall–Kier alpha value is -2.73. The van der Waals surface area contributed by atoms with Crippen molar-refractivity contribution in [3.8, 4) is 0 Å². The van der Waals surface area contributed by atoms with Gasteiger partial charge < -0.3 is 31.9 Å². The summed E-state index contributed by atoms with van der Waals surface area (Å²) in [6.07, 6.45) is 12.8. The number of ketones is 1. The predicted molar refractivity (Wildman–Crippen MR) is 195 cm³/mol. The number of hydrogen-bond acceptors (Lipinski definition) is 7. The zero-order valence-electron chi connectivity index (χ0n) is 31.9. The van der Waals surface area contributed by atoms with E-state index >= 15 is 0 Å². The molecule has 12 nitrogen and oxygen atoms in total. The van der Waals surface area contributed by atoms with Gasteiger partial charge in [-0.05, 0) is 66.6 Å².